The fourth-order valence-electron chi connectivity index (χ4n) is 7.56. The molecule has 47 heavy (non-hydrogen) atoms. The number of phenols is 1. The van der Waals surface area contributed by atoms with Gasteiger partial charge in [-0.2, -0.15) is 0 Å². The molecule has 6 atom stereocenters. The van der Waals surface area contributed by atoms with Gasteiger partial charge in [-0.1, -0.05) is 18.6 Å². The highest BCUT2D eigenvalue weighted by atomic mass is 35.5. The van der Waals surface area contributed by atoms with Crippen LogP contribution in [0.2, 0.25) is 0 Å². The molecule has 6 unspecified atom stereocenters. The number of phenolic OH excluding ortho intramolecular Hbond substituents is 1. The van der Waals surface area contributed by atoms with E-state index in [2.05, 4.69) is 0 Å². The summed E-state index contributed by atoms with van der Waals surface area (Å²) in [7, 11) is 2.48. The molecule has 9 nitrogen and oxygen atoms in total. The number of carbonyl (C=O) groups excluding carboxylic acids is 4. The third-order valence-corrected chi connectivity index (χ3v) is 11.0. The molecule has 4 amide bonds. The zero-order valence-corrected chi connectivity index (χ0v) is 26.3. The molecule has 0 spiro atoms. The van der Waals surface area contributed by atoms with Crippen LogP contribution in [0, 0.1) is 46.8 Å². The monoisotopic (exact) mass is 702 g/mol. The van der Waals surface area contributed by atoms with Crippen molar-refractivity contribution in [1.82, 2.24) is 4.90 Å². The number of methoxy groups -OCH3 is 2. The van der Waals surface area contributed by atoms with Gasteiger partial charge in [-0.3, -0.25) is 24.1 Å². The highest BCUT2D eigenvalue weighted by Crippen LogP contribution is 2.67. The maximum atomic E-state index is 15.2. The van der Waals surface area contributed by atoms with E-state index < -0.39 is 104 Å². The van der Waals surface area contributed by atoms with Crippen LogP contribution < -0.4 is 14.4 Å². The van der Waals surface area contributed by atoms with Gasteiger partial charge >= 0.3 is 0 Å². The number of benzene rings is 2. The molecule has 2 aliphatic heterocycles. The number of carbonyl (C=O) groups is 4. The van der Waals surface area contributed by atoms with E-state index in [0.29, 0.717) is 6.42 Å². The predicted octanol–water partition coefficient (Wildman–Crippen LogP) is 5.08. The standard InChI is InChI=1S/C31H25Cl2F5N2O7/c1-4-7-39-26(42)13-6-5-12-14(17(13)27(39)43)10-30(32)28(44)40(25-23(37)21(35)20(34)22(36)24(25)38)29(45)31(30,33)19(12)18-15(41)8-11(46-2)9-16(18)47-3/h5,8-9,13-14,17,19,41H,4,6-7,10H2,1-3H3. The van der Waals surface area contributed by atoms with Crippen molar-refractivity contribution in [1.29, 1.82) is 0 Å². The second kappa shape index (κ2) is 11.1. The van der Waals surface area contributed by atoms with Gasteiger partial charge in [-0.25, -0.2) is 26.9 Å². The first-order valence-electron chi connectivity index (χ1n) is 14.4. The number of fused-ring (bicyclic) bond motifs is 4. The summed E-state index contributed by atoms with van der Waals surface area (Å²) in [5.41, 5.74) is -1.96. The van der Waals surface area contributed by atoms with Crippen LogP contribution in [-0.4, -0.2) is 64.1 Å². The summed E-state index contributed by atoms with van der Waals surface area (Å²) in [6.45, 7) is 1.86. The number of aromatic hydroxyl groups is 1. The molecular weight excluding hydrogens is 678 g/mol. The Bertz CT molecular complexity index is 1800. The quantitative estimate of drug-likeness (QED) is 0.112. The Balaban J connectivity index is 1.64. The molecule has 3 fully saturated rings. The lowest BCUT2D eigenvalue weighted by Gasteiger charge is -2.50. The summed E-state index contributed by atoms with van der Waals surface area (Å²) in [4.78, 5) is 50.9. The second-order valence-electron chi connectivity index (χ2n) is 11.8. The Morgan fingerprint density at radius 1 is 0.894 bits per heavy atom. The summed E-state index contributed by atoms with van der Waals surface area (Å²) in [6, 6.07) is 2.43. The molecule has 4 aliphatic rings. The largest absolute Gasteiger partial charge is 0.507 e. The SMILES string of the molecule is CCCN1C(=O)C2CC=C3C(CC4(Cl)C(=O)N(c5c(F)c(F)c(F)c(F)c5F)C(=O)C4(Cl)C3c3c(O)cc(OC)cc3OC)C2C1=O. The van der Waals surface area contributed by atoms with E-state index in [1.54, 1.807) is 6.92 Å². The van der Waals surface area contributed by atoms with Gasteiger partial charge in [-0.15, -0.1) is 23.2 Å². The number of hydrogen-bond donors (Lipinski definition) is 1. The zero-order chi connectivity index (χ0) is 34.5. The molecule has 2 saturated heterocycles. The number of hydrogen-bond acceptors (Lipinski definition) is 7. The van der Waals surface area contributed by atoms with Crippen molar-refractivity contribution in [2.45, 2.75) is 41.9 Å². The first-order chi connectivity index (χ1) is 22.1. The van der Waals surface area contributed by atoms with Crippen molar-refractivity contribution in [3.63, 3.8) is 0 Å². The molecule has 0 bridgehead atoms. The number of nitrogens with zero attached hydrogens (tertiary/aromatic N) is 2. The molecule has 16 heteroatoms. The molecule has 0 radical (unpaired) electrons. The minimum atomic E-state index is -2.81. The van der Waals surface area contributed by atoms with Crippen LogP contribution in [0.5, 0.6) is 17.2 Å². The Hall–Kier alpha value is -3.91. The van der Waals surface area contributed by atoms with Gasteiger partial charge in [0.2, 0.25) is 17.6 Å². The topological polar surface area (TPSA) is 113 Å². The highest BCUT2D eigenvalue weighted by molar-refractivity contribution is 6.58. The number of anilines is 1. The number of likely N-dealkylation sites (tertiary alicyclic amines) is 1. The van der Waals surface area contributed by atoms with Crippen molar-refractivity contribution >= 4 is 52.5 Å². The normalized spacial score (nSPS) is 30.0. The van der Waals surface area contributed by atoms with Crippen LogP contribution >= 0.6 is 23.2 Å². The zero-order valence-electron chi connectivity index (χ0n) is 24.8. The van der Waals surface area contributed by atoms with Crippen molar-refractivity contribution in [3.05, 3.63) is 58.4 Å². The predicted molar refractivity (Wildman–Crippen MR) is 155 cm³/mol. The summed E-state index contributed by atoms with van der Waals surface area (Å²) in [5.74, 6) is -22.2. The van der Waals surface area contributed by atoms with Crippen LogP contribution in [0.15, 0.2) is 23.8 Å². The van der Waals surface area contributed by atoms with E-state index in [0.717, 1.165) is 11.0 Å². The number of halogens is 7. The van der Waals surface area contributed by atoms with Crippen LogP contribution in [0.3, 0.4) is 0 Å². The summed E-state index contributed by atoms with van der Waals surface area (Å²) in [6.07, 6.45) is 1.29. The van der Waals surface area contributed by atoms with Gasteiger partial charge in [0.05, 0.1) is 26.1 Å². The minimum absolute atomic E-state index is 0.0250. The molecule has 6 rings (SSSR count). The number of ether oxygens (including phenoxy) is 2. The maximum absolute atomic E-state index is 15.2. The number of imide groups is 2. The van der Waals surface area contributed by atoms with Crippen molar-refractivity contribution < 1.29 is 55.7 Å². The first kappa shape index (κ1) is 33.0. The summed E-state index contributed by atoms with van der Waals surface area (Å²) < 4.78 is 83.8. The van der Waals surface area contributed by atoms with E-state index in [4.69, 9.17) is 32.7 Å². The fourth-order valence-corrected chi connectivity index (χ4v) is 8.48. The first-order valence-corrected chi connectivity index (χ1v) is 15.2. The number of alkyl halides is 2. The van der Waals surface area contributed by atoms with Crippen LogP contribution in [0.25, 0.3) is 0 Å². The lowest BCUT2D eigenvalue weighted by Crippen LogP contribution is -2.60. The molecule has 2 aromatic carbocycles. The van der Waals surface area contributed by atoms with Crippen LogP contribution in [-0.2, 0) is 19.2 Å². The lowest BCUT2D eigenvalue weighted by atomic mass is 9.56. The van der Waals surface area contributed by atoms with Gasteiger partial charge in [0.25, 0.3) is 11.8 Å². The third-order valence-electron chi connectivity index (χ3n) is 9.60. The van der Waals surface area contributed by atoms with Gasteiger partial charge in [0.15, 0.2) is 33.0 Å². The number of allylic oxidation sites excluding steroid dienone is 2. The molecular formula is C31H25Cl2F5N2O7. The van der Waals surface area contributed by atoms with Gasteiger partial charge in [0.1, 0.15) is 22.9 Å². The number of rotatable bonds is 6. The molecule has 2 aromatic rings. The fraction of sp³-hybridized carbons (Fsp3) is 0.419. The van der Waals surface area contributed by atoms with Crippen molar-refractivity contribution in [2.24, 2.45) is 17.8 Å². The Kier molecular flexibility index (Phi) is 7.78. The third kappa shape index (κ3) is 4.12. The van der Waals surface area contributed by atoms with Crippen LogP contribution in [0.1, 0.15) is 37.7 Å². The molecule has 2 heterocycles. The van der Waals surface area contributed by atoms with Gasteiger partial charge in [-0.05, 0) is 25.2 Å². The van der Waals surface area contributed by atoms with Crippen LogP contribution in [0.4, 0.5) is 27.6 Å². The average molecular weight is 703 g/mol. The van der Waals surface area contributed by atoms with Crippen molar-refractivity contribution in [2.75, 3.05) is 25.7 Å². The van der Waals surface area contributed by atoms with E-state index >= 15 is 8.78 Å². The van der Waals surface area contributed by atoms with Gasteiger partial charge in [0, 0.05) is 30.2 Å². The van der Waals surface area contributed by atoms with E-state index in [-0.39, 0.29) is 40.5 Å². The Morgan fingerprint density at radius 3 is 2.09 bits per heavy atom. The second-order valence-corrected chi connectivity index (χ2v) is 13.0. The highest BCUT2D eigenvalue weighted by Gasteiger charge is 2.77. The summed E-state index contributed by atoms with van der Waals surface area (Å²) >= 11 is 14.2. The van der Waals surface area contributed by atoms with E-state index in [1.807, 2.05) is 0 Å². The Labute approximate surface area is 273 Å². The molecule has 250 valence electrons. The average Bonchev–Trinajstić information content (AvgIpc) is 3.37. The smallest absolute Gasteiger partial charge is 0.258 e. The molecule has 1 saturated carbocycles. The maximum Gasteiger partial charge on any atom is 0.258 e. The molecule has 0 aromatic heterocycles. The van der Waals surface area contributed by atoms with E-state index in [1.165, 1.54) is 26.4 Å². The molecule has 2 aliphatic carbocycles. The van der Waals surface area contributed by atoms with Crippen molar-refractivity contribution in [3.8, 4) is 17.2 Å². The minimum Gasteiger partial charge on any atom is -0.507 e. The molecule has 1 N–H and O–H groups in total. The summed E-state index contributed by atoms with van der Waals surface area (Å²) in [5, 5.41) is 11.3. The number of amides is 4. The van der Waals surface area contributed by atoms with Gasteiger partial charge < -0.3 is 14.6 Å². The lowest BCUT2D eigenvalue weighted by molar-refractivity contribution is -0.140. The van der Waals surface area contributed by atoms with E-state index in [9.17, 15) is 37.5 Å². The Morgan fingerprint density at radius 2 is 1.51 bits per heavy atom.